The van der Waals surface area contributed by atoms with Gasteiger partial charge in [0, 0.05) is 37.1 Å². The third kappa shape index (κ3) is 6.79. The van der Waals surface area contributed by atoms with E-state index in [1.165, 1.54) is 24.2 Å². The van der Waals surface area contributed by atoms with Crippen molar-refractivity contribution in [1.29, 1.82) is 0 Å². The molecular formula is C16H31IN6S. The van der Waals surface area contributed by atoms with Crippen molar-refractivity contribution in [1.82, 2.24) is 25.3 Å². The molecule has 0 amide bonds. The average molecular weight is 466 g/mol. The van der Waals surface area contributed by atoms with Gasteiger partial charge >= 0.3 is 0 Å². The molecule has 138 valence electrons. The van der Waals surface area contributed by atoms with Gasteiger partial charge in [-0.15, -0.1) is 24.0 Å². The van der Waals surface area contributed by atoms with Crippen LogP contribution in [0, 0.1) is 0 Å². The molecule has 2 rings (SSSR count). The highest BCUT2D eigenvalue weighted by molar-refractivity contribution is 14.0. The van der Waals surface area contributed by atoms with Crippen molar-refractivity contribution in [2.45, 2.75) is 31.1 Å². The molecule has 0 radical (unpaired) electrons. The largest absolute Gasteiger partial charge is 0.357 e. The fourth-order valence-electron chi connectivity index (χ4n) is 2.71. The van der Waals surface area contributed by atoms with E-state index in [4.69, 9.17) is 4.99 Å². The zero-order valence-corrected chi connectivity index (χ0v) is 18.3. The number of nitrogens with one attached hydrogen (secondary N) is 2. The number of hydrogen-bond acceptors (Lipinski definition) is 4. The number of nitrogens with zero attached hydrogens (tertiary/aromatic N) is 4. The molecule has 6 nitrogen and oxygen atoms in total. The zero-order chi connectivity index (χ0) is 16.7. The molecule has 1 aromatic rings. The van der Waals surface area contributed by atoms with E-state index < -0.39 is 0 Å². The second-order valence-electron chi connectivity index (χ2n) is 6.16. The number of hydrogen-bond donors (Lipinski definition) is 2. The van der Waals surface area contributed by atoms with E-state index in [0.717, 1.165) is 24.3 Å². The third-order valence-electron chi connectivity index (χ3n) is 4.02. The van der Waals surface area contributed by atoms with E-state index in [1.54, 1.807) is 0 Å². The maximum absolute atomic E-state index is 4.79. The molecule has 1 aliphatic heterocycles. The summed E-state index contributed by atoms with van der Waals surface area (Å²) in [6, 6.07) is 0.236. The van der Waals surface area contributed by atoms with Crippen molar-refractivity contribution < 1.29 is 0 Å². The average Bonchev–Trinajstić information content (AvgIpc) is 3.16. The number of thioether (sulfide) groups is 1. The van der Waals surface area contributed by atoms with Crippen LogP contribution in [-0.2, 0) is 7.05 Å². The van der Waals surface area contributed by atoms with Crippen molar-refractivity contribution in [2.24, 2.45) is 12.0 Å². The van der Waals surface area contributed by atoms with Gasteiger partial charge < -0.3 is 15.5 Å². The molecule has 0 spiro atoms. The number of aromatic nitrogens is 2. The number of aryl methyl sites for hydroxylation is 1. The van der Waals surface area contributed by atoms with E-state index in [0.29, 0.717) is 6.54 Å². The minimum atomic E-state index is 0. The van der Waals surface area contributed by atoms with Gasteiger partial charge in [0.05, 0.1) is 18.8 Å². The fraction of sp³-hybridized carbons (Fsp3) is 0.750. The van der Waals surface area contributed by atoms with E-state index in [1.807, 2.05) is 17.9 Å². The third-order valence-corrected chi connectivity index (χ3v) is 5.42. The van der Waals surface area contributed by atoms with Gasteiger partial charge in [0.1, 0.15) is 0 Å². The SMILES string of the molecule is CCNC(=NCC(c1cnn(C)c1)N(C)C)NCC1CCCS1.I. The lowest BCUT2D eigenvalue weighted by molar-refractivity contribution is 0.306. The Morgan fingerprint density at radius 2 is 2.29 bits per heavy atom. The van der Waals surface area contributed by atoms with Crippen molar-refractivity contribution in [3.05, 3.63) is 18.0 Å². The van der Waals surface area contributed by atoms with Crippen molar-refractivity contribution in [3.8, 4) is 0 Å². The van der Waals surface area contributed by atoms with Gasteiger partial charge in [-0.25, -0.2) is 0 Å². The lowest BCUT2D eigenvalue weighted by Gasteiger charge is -2.22. The highest BCUT2D eigenvalue weighted by Crippen LogP contribution is 2.25. The first-order valence-electron chi connectivity index (χ1n) is 8.39. The van der Waals surface area contributed by atoms with Gasteiger partial charge in [0.2, 0.25) is 0 Å². The van der Waals surface area contributed by atoms with Crippen molar-refractivity contribution >= 4 is 41.7 Å². The topological polar surface area (TPSA) is 57.5 Å². The molecule has 2 heterocycles. The van der Waals surface area contributed by atoms with Gasteiger partial charge in [-0.2, -0.15) is 16.9 Å². The quantitative estimate of drug-likeness (QED) is 0.366. The molecule has 2 unspecified atom stereocenters. The van der Waals surface area contributed by atoms with Crippen LogP contribution in [0.2, 0.25) is 0 Å². The van der Waals surface area contributed by atoms with Gasteiger partial charge in [0.15, 0.2) is 5.96 Å². The highest BCUT2D eigenvalue weighted by atomic mass is 127. The summed E-state index contributed by atoms with van der Waals surface area (Å²) in [4.78, 5) is 6.98. The summed E-state index contributed by atoms with van der Waals surface area (Å²) in [5.74, 6) is 2.21. The maximum atomic E-state index is 4.79. The molecule has 0 aliphatic carbocycles. The molecular weight excluding hydrogens is 435 g/mol. The number of halogens is 1. The Balaban J connectivity index is 0.00000288. The number of aliphatic imine (C=N–C) groups is 1. The fourth-order valence-corrected chi connectivity index (χ4v) is 3.92. The first-order valence-corrected chi connectivity index (χ1v) is 9.43. The Morgan fingerprint density at radius 1 is 1.50 bits per heavy atom. The van der Waals surface area contributed by atoms with Gasteiger partial charge in [-0.05, 0) is 39.6 Å². The second-order valence-corrected chi connectivity index (χ2v) is 7.57. The molecule has 24 heavy (non-hydrogen) atoms. The lowest BCUT2D eigenvalue weighted by atomic mass is 10.1. The lowest BCUT2D eigenvalue weighted by Crippen LogP contribution is -2.40. The Kier molecular flexibility index (Phi) is 10.1. The minimum absolute atomic E-state index is 0. The number of guanidine groups is 1. The molecule has 2 N–H and O–H groups in total. The molecule has 2 atom stereocenters. The predicted molar refractivity (Wildman–Crippen MR) is 115 cm³/mol. The van der Waals surface area contributed by atoms with Crippen LogP contribution < -0.4 is 10.6 Å². The van der Waals surface area contributed by atoms with Crippen LogP contribution >= 0.6 is 35.7 Å². The molecule has 1 aliphatic rings. The summed E-state index contributed by atoms with van der Waals surface area (Å²) in [7, 11) is 6.12. The summed E-state index contributed by atoms with van der Waals surface area (Å²) < 4.78 is 1.84. The van der Waals surface area contributed by atoms with Crippen LogP contribution in [0.3, 0.4) is 0 Å². The van der Waals surface area contributed by atoms with Crippen LogP contribution in [0.4, 0.5) is 0 Å². The van der Waals surface area contributed by atoms with E-state index in [2.05, 4.69) is 59.6 Å². The number of likely N-dealkylation sites (N-methyl/N-ethyl adjacent to an activating group) is 1. The summed E-state index contributed by atoms with van der Waals surface area (Å²) in [6.45, 7) is 4.69. The van der Waals surface area contributed by atoms with Crippen LogP contribution in [0.25, 0.3) is 0 Å². The van der Waals surface area contributed by atoms with Crippen molar-refractivity contribution in [3.63, 3.8) is 0 Å². The summed E-state index contributed by atoms with van der Waals surface area (Å²) in [5, 5.41) is 11.8. The molecule has 1 aromatic heterocycles. The van der Waals surface area contributed by atoms with Crippen molar-refractivity contribution in [2.75, 3.05) is 39.5 Å². The molecule has 1 fully saturated rings. The Bertz CT molecular complexity index is 499. The van der Waals surface area contributed by atoms with Gasteiger partial charge in [-0.1, -0.05) is 0 Å². The van der Waals surface area contributed by atoms with Crippen LogP contribution in [0.1, 0.15) is 31.4 Å². The monoisotopic (exact) mass is 466 g/mol. The first kappa shape index (κ1) is 21.6. The Labute approximate surface area is 167 Å². The molecule has 0 bridgehead atoms. The predicted octanol–water partition coefficient (Wildman–Crippen LogP) is 2.09. The Morgan fingerprint density at radius 3 is 2.83 bits per heavy atom. The smallest absolute Gasteiger partial charge is 0.191 e. The first-order chi connectivity index (χ1) is 11.1. The zero-order valence-electron chi connectivity index (χ0n) is 15.2. The highest BCUT2D eigenvalue weighted by Gasteiger charge is 2.17. The maximum Gasteiger partial charge on any atom is 0.191 e. The van der Waals surface area contributed by atoms with Crippen LogP contribution in [-0.4, -0.2) is 65.4 Å². The second kappa shape index (κ2) is 11.2. The molecule has 1 saturated heterocycles. The summed E-state index contributed by atoms with van der Waals surface area (Å²) in [5.41, 5.74) is 1.20. The van der Waals surface area contributed by atoms with Crippen LogP contribution in [0.5, 0.6) is 0 Å². The molecule has 0 saturated carbocycles. The summed E-state index contributed by atoms with van der Waals surface area (Å²) >= 11 is 2.07. The molecule has 8 heteroatoms. The van der Waals surface area contributed by atoms with Gasteiger partial charge in [-0.3, -0.25) is 9.67 Å². The molecule has 0 aromatic carbocycles. The van der Waals surface area contributed by atoms with E-state index in [-0.39, 0.29) is 30.0 Å². The van der Waals surface area contributed by atoms with Gasteiger partial charge in [0.25, 0.3) is 0 Å². The van der Waals surface area contributed by atoms with Crippen LogP contribution in [0.15, 0.2) is 17.4 Å². The Hall–Kier alpha value is -0.480. The summed E-state index contributed by atoms with van der Waals surface area (Å²) in [6.07, 6.45) is 6.65. The standard InChI is InChI=1S/C16H30N6S.HI/c1-5-17-16(18-10-14-7-6-8-23-14)19-11-15(21(2)3)13-9-20-22(4)12-13;/h9,12,14-15H,5-8,10-11H2,1-4H3,(H2,17,18,19);1H. The minimum Gasteiger partial charge on any atom is -0.357 e. The number of rotatable bonds is 7. The van der Waals surface area contributed by atoms with E-state index >= 15 is 0 Å². The normalized spacial score (nSPS) is 19.2. The van der Waals surface area contributed by atoms with E-state index in [9.17, 15) is 0 Å².